The summed E-state index contributed by atoms with van der Waals surface area (Å²) in [5, 5.41) is 6.79. The van der Waals surface area contributed by atoms with Gasteiger partial charge in [-0.15, -0.1) is 0 Å². The minimum Gasteiger partial charge on any atom is -0.370 e. The third-order valence-electron chi connectivity index (χ3n) is 2.62. The van der Waals surface area contributed by atoms with Gasteiger partial charge in [0.2, 0.25) is 0 Å². The van der Waals surface area contributed by atoms with E-state index in [-0.39, 0.29) is 5.96 Å². The Hall–Kier alpha value is -0.850. The standard InChI is InChI=1S/C10H24N6/c11-10(12)15-2-1-7-16-8-5-13-3-4-14-6-9-16/h13-14H,1-9H2,(H4,11,12,15). The van der Waals surface area contributed by atoms with Crippen LogP contribution in [0.25, 0.3) is 0 Å². The molecule has 0 unspecified atom stereocenters. The van der Waals surface area contributed by atoms with Gasteiger partial charge in [-0.3, -0.25) is 4.99 Å². The summed E-state index contributed by atoms with van der Waals surface area (Å²) in [4.78, 5) is 6.42. The minimum atomic E-state index is 0.188. The Morgan fingerprint density at radius 3 is 2.25 bits per heavy atom. The number of nitrogens with zero attached hydrogens (tertiary/aromatic N) is 2. The molecule has 6 nitrogen and oxygen atoms in total. The Kier molecular flexibility index (Phi) is 6.87. The second-order valence-electron chi connectivity index (χ2n) is 4.00. The van der Waals surface area contributed by atoms with Crippen molar-refractivity contribution in [2.75, 3.05) is 52.4 Å². The summed E-state index contributed by atoms with van der Waals surface area (Å²) in [7, 11) is 0. The first-order chi connectivity index (χ1) is 7.79. The molecule has 1 rings (SSSR count). The number of hydrogen-bond donors (Lipinski definition) is 4. The summed E-state index contributed by atoms with van der Waals surface area (Å²) in [6, 6.07) is 0. The maximum Gasteiger partial charge on any atom is 0.185 e. The second-order valence-corrected chi connectivity index (χ2v) is 4.00. The van der Waals surface area contributed by atoms with Crippen LogP contribution in [-0.4, -0.2) is 63.2 Å². The predicted octanol–water partition coefficient (Wildman–Crippen LogP) is -1.86. The van der Waals surface area contributed by atoms with E-state index in [0.717, 1.165) is 58.8 Å². The highest BCUT2D eigenvalue weighted by Crippen LogP contribution is 1.92. The molecule has 94 valence electrons. The lowest BCUT2D eigenvalue weighted by Crippen LogP contribution is -2.35. The highest BCUT2D eigenvalue weighted by molar-refractivity contribution is 5.75. The monoisotopic (exact) mass is 228 g/mol. The molecule has 0 amide bonds. The Morgan fingerprint density at radius 2 is 1.69 bits per heavy atom. The number of guanidine groups is 1. The van der Waals surface area contributed by atoms with Gasteiger partial charge in [-0.25, -0.2) is 0 Å². The summed E-state index contributed by atoms with van der Waals surface area (Å²) in [5.74, 6) is 0.188. The van der Waals surface area contributed by atoms with Crippen LogP contribution in [0.4, 0.5) is 0 Å². The van der Waals surface area contributed by atoms with Gasteiger partial charge in [0.15, 0.2) is 5.96 Å². The van der Waals surface area contributed by atoms with Crippen LogP contribution >= 0.6 is 0 Å². The van der Waals surface area contributed by atoms with Crippen molar-refractivity contribution in [2.45, 2.75) is 6.42 Å². The first-order valence-electron chi connectivity index (χ1n) is 5.98. The molecule has 16 heavy (non-hydrogen) atoms. The fourth-order valence-corrected chi connectivity index (χ4v) is 1.74. The molecule has 0 aromatic rings. The summed E-state index contributed by atoms with van der Waals surface area (Å²) >= 11 is 0. The first kappa shape index (κ1) is 13.2. The van der Waals surface area contributed by atoms with E-state index >= 15 is 0 Å². The smallest absolute Gasteiger partial charge is 0.185 e. The maximum absolute atomic E-state index is 5.27. The van der Waals surface area contributed by atoms with Crippen molar-refractivity contribution >= 4 is 5.96 Å². The van der Waals surface area contributed by atoms with Crippen LogP contribution in [0.15, 0.2) is 4.99 Å². The zero-order chi connectivity index (χ0) is 11.6. The lowest BCUT2D eigenvalue weighted by Gasteiger charge is -2.20. The average Bonchev–Trinajstić information content (AvgIpc) is 2.37. The Labute approximate surface area is 97.5 Å². The Morgan fingerprint density at radius 1 is 1.06 bits per heavy atom. The lowest BCUT2D eigenvalue weighted by atomic mass is 10.3. The molecule has 6 heteroatoms. The number of aliphatic imine (C=N–C) groups is 1. The van der Waals surface area contributed by atoms with Gasteiger partial charge in [-0.1, -0.05) is 0 Å². The SMILES string of the molecule is NC(N)=NCCCN1CCNCCNCC1. The van der Waals surface area contributed by atoms with E-state index < -0.39 is 0 Å². The van der Waals surface area contributed by atoms with Gasteiger partial charge in [0.25, 0.3) is 0 Å². The molecule has 0 atom stereocenters. The lowest BCUT2D eigenvalue weighted by molar-refractivity contribution is 0.279. The molecule has 0 radical (unpaired) electrons. The largest absolute Gasteiger partial charge is 0.370 e. The zero-order valence-corrected chi connectivity index (χ0v) is 9.91. The molecule has 0 saturated carbocycles. The molecule has 0 aromatic heterocycles. The Bertz CT molecular complexity index is 191. The van der Waals surface area contributed by atoms with E-state index in [2.05, 4.69) is 20.5 Å². The van der Waals surface area contributed by atoms with Crippen LogP contribution in [0, 0.1) is 0 Å². The summed E-state index contributed by atoms with van der Waals surface area (Å²) in [5.41, 5.74) is 10.5. The summed E-state index contributed by atoms with van der Waals surface area (Å²) < 4.78 is 0. The molecule has 6 N–H and O–H groups in total. The molecule has 0 bridgehead atoms. The van der Waals surface area contributed by atoms with E-state index in [1.165, 1.54) is 0 Å². The molecule has 0 aromatic carbocycles. The molecule has 1 aliphatic rings. The summed E-state index contributed by atoms with van der Waals surface area (Å²) in [6.45, 7) is 8.21. The Balaban J connectivity index is 2.14. The van der Waals surface area contributed by atoms with Gasteiger partial charge in [0.1, 0.15) is 0 Å². The maximum atomic E-state index is 5.27. The van der Waals surface area contributed by atoms with E-state index in [9.17, 15) is 0 Å². The number of rotatable bonds is 4. The van der Waals surface area contributed by atoms with Gasteiger partial charge in [0, 0.05) is 52.4 Å². The van der Waals surface area contributed by atoms with Crippen LogP contribution in [0.5, 0.6) is 0 Å². The van der Waals surface area contributed by atoms with Crippen LogP contribution in [0.1, 0.15) is 6.42 Å². The van der Waals surface area contributed by atoms with Gasteiger partial charge in [-0.2, -0.15) is 0 Å². The van der Waals surface area contributed by atoms with Gasteiger partial charge >= 0.3 is 0 Å². The number of nitrogens with two attached hydrogens (primary N) is 2. The molecule has 1 aliphatic heterocycles. The van der Waals surface area contributed by atoms with Gasteiger partial charge < -0.3 is 27.0 Å². The van der Waals surface area contributed by atoms with Crippen LogP contribution in [0.2, 0.25) is 0 Å². The zero-order valence-electron chi connectivity index (χ0n) is 9.91. The third kappa shape index (κ3) is 6.60. The molecular weight excluding hydrogens is 204 g/mol. The second kappa shape index (κ2) is 8.32. The topological polar surface area (TPSA) is 91.7 Å². The fraction of sp³-hybridized carbons (Fsp3) is 0.900. The normalized spacial score (nSPS) is 19.5. The highest BCUT2D eigenvalue weighted by atomic mass is 15.2. The molecule has 1 saturated heterocycles. The van der Waals surface area contributed by atoms with Crippen molar-refractivity contribution < 1.29 is 0 Å². The van der Waals surface area contributed by atoms with Crippen molar-refractivity contribution in [3.8, 4) is 0 Å². The van der Waals surface area contributed by atoms with Crippen molar-refractivity contribution in [3.05, 3.63) is 0 Å². The third-order valence-corrected chi connectivity index (χ3v) is 2.62. The predicted molar refractivity (Wildman–Crippen MR) is 67.5 cm³/mol. The van der Waals surface area contributed by atoms with Crippen molar-refractivity contribution in [3.63, 3.8) is 0 Å². The minimum absolute atomic E-state index is 0.188. The highest BCUT2D eigenvalue weighted by Gasteiger charge is 2.05. The summed E-state index contributed by atoms with van der Waals surface area (Å²) in [6.07, 6.45) is 1.01. The van der Waals surface area contributed by atoms with Crippen LogP contribution in [0.3, 0.4) is 0 Å². The average molecular weight is 228 g/mol. The van der Waals surface area contributed by atoms with E-state index in [4.69, 9.17) is 11.5 Å². The molecule has 0 spiro atoms. The van der Waals surface area contributed by atoms with Gasteiger partial charge in [0.05, 0.1) is 0 Å². The fourth-order valence-electron chi connectivity index (χ4n) is 1.74. The van der Waals surface area contributed by atoms with Crippen LogP contribution < -0.4 is 22.1 Å². The quantitative estimate of drug-likeness (QED) is 0.257. The number of hydrogen-bond acceptors (Lipinski definition) is 4. The van der Waals surface area contributed by atoms with Crippen molar-refractivity contribution in [2.24, 2.45) is 16.5 Å². The van der Waals surface area contributed by atoms with E-state index in [1.807, 2.05) is 0 Å². The molecule has 1 fully saturated rings. The van der Waals surface area contributed by atoms with E-state index in [0.29, 0.717) is 0 Å². The van der Waals surface area contributed by atoms with Gasteiger partial charge in [-0.05, 0) is 6.42 Å². The number of nitrogens with one attached hydrogen (secondary N) is 2. The van der Waals surface area contributed by atoms with E-state index in [1.54, 1.807) is 0 Å². The van der Waals surface area contributed by atoms with Crippen molar-refractivity contribution in [1.82, 2.24) is 15.5 Å². The molecular formula is C10H24N6. The van der Waals surface area contributed by atoms with Crippen molar-refractivity contribution in [1.29, 1.82) is 0 Å². The van der Waals surface area contributed by atoms with Crippen LogP contribution in [-0.2, 0) is 0 Å². The first-order valence-corrected chi connectivity index (χ1v) is 5.98. The molecule has 0 aliphatic carbocycles. The molecule has 1 heterocycles.